The first-order valence-electron chi connectivity index (χ1n) is 11.6. The molecule has 34 heavy (non-hydrogen) atoms. The Hall–Kier alpha value is -2.56. The Morgan fingerprint density at radius 2 is 1.29 bits per heavy atom. The summed E-state index contributed by atoms with van der Waals surface area (Å²) in [5, 5.41) is 17.0. The predicted molar refractivity (Wildman–Crippen MR) is 131 cm³/mol. The van der Waals surface area contributed by atoms with Gasteiger partial charge in [-0.1, -0.05) is 12.1 Å². The molecular weight excluding hydrogens is 440 g/mol. The molecule has 2 N–H and O–H groups in total. The van der Waals surface area contributed by atoms with Crippen molar-refractivity contribution < 1.29 is 24.0 Å². The van der Waals surface area contributed by atoms with Gasteiger partial charge >= 0.3 is 11.9 Å². The van der Waals surface area contributed by atoms with Gasteiger partial charge < -0.3 is 25.0 Å². The van der Waals surface area contributed by atoms with Crippen LogP contribution in [0.4, 0.5) is 5.69 Å². The van der Waals surface area contributed by atoms with Gasteiger partial charge in [0.1, 0.15) is 11.2 Å². The number of non-ortho nitro benzene ring substituents is 1. The lowest BCUT2D eigenvalue weighted by atomic mass is 10.1. The summed E-state index contributed by atoms with van der Waals surface area (Å²) in [5.41, 5.74) is 0.0300. The fourth-order valence-corrected chi connectivity index (χ4v) is 3.02. The highest BCUT2D eigenvalue weighted by Crippen LogP contribution is 2.12. The molecule has 192 valence electrons. The van der Waals surface area contributed by atoms with Crippen molar-refractivity contribution in [2.24, 2.45) is 0 Å². The number of nitro groups is 1. The average Bonchev–Trinajstić information content (AvgIpc) is 2.69. The Kier molecular flexibility index (Phi) is 12.1. The lowest BCUT2D eigenvalue weighted by Crippen LogP contribution is -2.41. The minimum absolute atomic E-state index is 0.0679. The molecule has 0 aromatic heterocycles. The van der Waals surface area contributed by atoms with Gasteiger partial charge in [0.2, 0.25) is 0 Å². The van der Waals surface area contributed by atoms with Crippen molar-refractivity contribution in [2.75, 3.05) is 45.8 Å². The second-order valence-corrected chi connectivity index (χ2v) is 10.0. The van der Waals surface area contributed by atoms with Crippen LogP contribution in [0.3, 0.4) is 0 Å². The molecule has 0 aliphatic carbocycles. The van der Waals surface area contributed by atoms with Crippen molar-refractivity contribution in [1.82, 2.24) is 15.5 Å². The summed E-state index contributed by atoms with van der Waals surface area (Å²) in [7, 11) is 0. The van der Waals surface area contributed by atoms with Crippen LogP contribution in [0.2, 0.25) is 0 Å². The van der Waals surface area contributed by atoms with Gasteiger partial charge in [-0.15, -0.1) is 0 Å². The first-order chi connectivity index (χ1) is 15.7. The van der Waals surface area contributed by atoms with Crippen molar-refractivity contribution in [3.63, 3.8) is 0 Å². The molecule has 1 aromatic carbocycles. The van der Waals surface area contributed by atoms with Gasteiger partial charge in [-0.05, 0) is 53.5 Å². The van der Waals surface area contributed by atoms with E-state index in [9.17, 15) is 19.7 Å². The molecular formula is C24H40N4O6. The second kappa shape index (κ2) is 14.0. The zero-order chi connectivity index (χ0) is 25.8. The van der Waals surface area contributed by atoms with Gasteiger partial charge in [0.05, 0.1) is 18.0 Å². The van der Waals surface area contributed by atoms with Crippen LogP contribution < -0.4 is 10.6 Å². The quantitative estimate of drug-likeness (QED) is 0.179. The van der Waals surface area contributed by atoms with E-state index >= 15 is 0 Å². The number of nitro benzene ring substituents is 1. The van der Waals surface area contributed by atoms with Crippen molar-refractivity contribution in [3.8, 4) is 0 Å². The Morgan fingerprint density at radius 1 is 0.853 bits per heavy atom. The molecule has 0 amide bonds. The molecule has 1 rings (SSSR count). The van der Waals surface area contributed by atoms with Gasteiger partial charge in [-0.2, -0.15) is 0 Å². The van der Waals surface area contributed by atoms with Gasteiger partial charge in [0.25, 0.3) is 5.69 Å². The molecule has 10 heteroatoms. The minimum atomic E-state index is -0.518. The summed E-state index contributed by atoms with van der Waals surface area (Å²) >= 11 is 0. The zero-order valence-corrected chi connectivity index (χ0v) is 21.3. The first-order valence-corrected chi connectivity index (χ1v) is 11.6. The molecule has 0 spiro atoms. The number of nitrogens with zero attached hydrogens (tertiary/aromatic N) is 2. The molecule has 0 heterocycles. The number of ether oxygens (including phenoxy) is 2. The van der Waals surface area contributed by atoms with Crippen LogP contribution >= 0.6 is 0 Å². The van der Waals surface area contributed by atoms with Crippen molar-refractivity contribution in [3.05, 3.63) is 39.9 Å². The van der Waals surface area contributed by atoms with E-state index in [-0.39, 0.29) is 30.7 Å². The minimum Gasteiger partial charge on any atom is -0.459 e. The highest BCUT2D eigenvalue weighted by molar-refractivity contribution is 5.72. The summed E-state index contributed by atoms with van der Waals surface area (Å²) in [6.45, 7) is 14.5. The standard InChI is InChI=1S/C24H40N4O6/c1-23(2,3)33-21(29)17-25-12-15-27(16-13-26-18-22(30)34-24(4,5)6)14-11-19-7-9-20(10-8-19)28(31)32/h7-10,25-26H,11-18H2,1-6H3. The summed E-state index contributed by atoms with van der Waals surface area (Å²) in [6, 6.07) is 6.53. The third kappa shape index (κ3) is 14.6. The van der Waals surface area contributed by atoms with E-state index in [2.05, 4.69) is 15.5 Å². The van der Waals surface area contributed by atoms with Crippen molar-refractivity contribution in [2.45, 2.75) is 59.2 Å². The molecule has 0 atom stereocenters. The predicted octanol–water partition coefficient (Wildman–Crippen LogP) is 2.30. The topological polar surface area (TPSA) is 123 Å². The smallest absolute Gasteiger partial charge is 0.320 e. The third-order valence-electron chi connectivity index (χ3n) is 4.45. The lowest BCUT2D eigenvalue weighted by Gasteiger charge is -2.24. The molecule has 0 unspecified atom stereocenters. The third-order valence-corrected chi connectivity index (χ3v) is 4.45. The molecule has 0 saturated heterocycles. The van der Waals surface area contributed by atoms with Crippen LogP contribution in [-0.4, -0.2) is 78.8 Å². The van der Waals surface area contributed by atoms with E-state index in [1.807, 2.05) is 41.5 Å². The first kappa shape index (κ1) is 29.5. The van der Waals surface area contributed by atoms with Crippen LogP contribution in [0.15, 0.2) is 24.3 Å². The maximum absolute atomic E-state index is 11.9. The summed E-state index contributed by atoms with van der Waals surface area (Å²) in [6.07, 6.45) is 0.718. The molecule has 0 aliphatic rings. The van der Waals surface area contributed by atoms with Crippen LogP contribution in [0.1, 0.15) is 47.1 Å². The van der Waals surface area contributed by atoms with Crippen LogP contribution in [0, 0.1) is 10.1 Å². The van der Waals surface area contributed by atoms with E-state index in [1.165, 1.54) is 12.1 Å². The van der Waals surface area contributed by atoms with E-state index in [0.717, 1.165) is 18.5 Å². The number of hydrogen-bond donors (Lipinski definition) is 2. The van der Waals surface area contributed by atoms with Gasteiger partial charge in [-0.25, -0.2) is 0 Å². The number of rotatable bonds is 14. The Bertz CT molecular complexity index is 748. The van der Waals surface area contributed by atoms with E-state index < -0.39 is 16.1 Å². The molecule has 0 radical (unpaired) electrons. The van der Waals surface area contributed by atoms with E-state index in [1.54, 1.807) is 12.1 Å². The van der Waals surface area contributed by atoms with E-state index in [4.69, 9.17) is 9.47 Å². The van der Waals surface area contributed by atoms with Crippen LogP contribution in [-0.2, 0) is 25.5 Å². The summed E-state index contributed by atoms with van der Waals surface area (Å²) < 4.78 is 10.6. The maximum atomic E-state index is 11.9. The number of hydrogen-bond acceptors (Lipinski definition) is 9. The number of esters is 2. The van der Waals surface area contributed by atoms with Crippen molar-refractivity contribution >= 4 is 17.6 Å². The molecule has 0 fully saturated rings. The number of nitrogens with one attached hydrogen (secondary N) is 2. The number of carbonyl (C=O) groups is 2. The Balaban J connectivity index is 2.52. The SMILES string of the molecule is CC(C)(C)OC(=O)CNCCN(CCNCC(=O)OC(C)(C)C)CCc1ccc([N+](=O)[O-])cc1. The number of carbonyl (C=O) groups excluding carboxylic acids is 2. The van der Waals surface area contributed by atoms with Crippen molar-refractivity contribution in [1.29, 1.82) is 0 Å². The molecule has 0 aliphatic heterocycles. The molecule has 0 bridgehead atoms. The maximum Gasteiger partial charge on any atom is 0.320 e. The number of benzene rings is 1. The summed E-state index contributed by atoms with van der Waals surface area (Å²) in [4.78, 5) is 36.4. The summed E-state index contributed by atoms with van der Waals surface area (Å²) in [5.74, 6) is -0.604. The molecule has 1 aromatic rings. The van der Waals surface area contributed by atoms with Crippen LogP contribution in [0.5, 0.6) is 0 Å². The molecule has 10 nitrogen and oxygen atoms in total. The largest absolute Gasteiger partial charge is 0.459 e. The monoisotopic (exact) mass is 480 g/mol. The highest BCUT2D eigenvalue weighted by Gasteiger charge is 2.17. The normalized spacial score (nSPS) is 12.0. The fraction of sp³-hybridized carbons (Fsp3) is 0.667. The van der Waals surface area contributed by atoms with Crippen LogP contribution in [0.25, 0.3) is 0 Å². The Morgan fingerprint density at radius 3 is 1.68 bits per heavy atom. The Labute approximate surface area is 202 Å². The average molecular weight is 481 g/mol. The van der Waals surface area contributed by atoms with E-state index in [0.29, 0.717) is 26.2 Å². The van der Waals surface area contributed by atoms with Gasteiger partial charge in [0.15, 0.2) is 0 Å². The fourth-order valence-electron chi connectivity index (χ4n) is 3.02. The van der Waals surface area contributed by atoms with Gasteiger partial charge in [-0.3, -0.25) is 19.7 Å². The highest BCUT2D eigenvalue weighted by atomic mass is 16.6. The lowest BCUT2D eigenvalue weighted by molar-refractivity contribution is -0.384. The second-order valence-electron chi connectivity index (χ2n) is 10.0. The molecule has 0 saturated carbocycles. The zero-order valence-electron chi connectivity index (χ0n) is 21.3. The van der Waals surface area contributed by atoms with Gasteiger partial charge in [0, 0.05) is 44.9 Å².